The Balaban J connectivity index is 1.37. The number of anilines is 1. The first-order chi connectivity index (χ1) is 18.5. The standard InChI is InChI=1S/C29H31F4N3O2S/c1-20-26-17-34-36(25-13-11-24(30)12-14-25)27(26)16-22-9-10-23(28(20)22)18-35(39(37,38)19-29(31,32)33)15-5-8-21-6-3-2-4-7-21/h2-4,6-7,11-14,16-17,20,23,34H,5,8-10,15,18-19H2,1H3/t20-,23+/m0/s1. The van der Waals surface area contributed by atoms with Crippen molar-refractivity contribution in [3.63, 3.8) is 0 Å². The van der Waals surface area contributed by atoms with Crippen molar-refractivity contribution in [1.29, 1.82) is 0 Å². The third-order valence-corrected chi connectivity index (χ3v) is 9.48. The fraction of sp³-hybridized carbons (Fsp3) is 0.379. The Morgan fingerprint density at radius 2 is 1.79 bits per heavy atom. The molecule has 0 fully saturated rings. The Morgan fingerprint density at radius 1 is 1.08 bits per heavy atom. The van der Waals surface area contributed by atoms with Gasteiger partial charge in [0.1, 0.15) is 5.82 Å². The first-order valence-electron chi connectivity index (χ1n) is 13.1. The number of hydrogen-bond donors (Lipinski definition) is 1. The molecule has 10 heteroatoms. The molecule has 1 N–H and O–H groups in total. The smallest absolute Gasteiger partial charge is 0.301 e. The topological polar surface area (TPSA) is 52.6 Å². The third kappa shape index (κ3) is 6.06. The molecule has 3 aliphatic rings. The number of sulfonamides is 1. The van der Waals surface area contributed by atoms with E-state index in [0.29, 0.717) is 19.3 Å². The van der Waals surface area contributed by atoms with E-state index in [9.17, 15) is 26.0 Å². The van der Waals surface area contributed by atoms with E-state index in [1.807, 2.05) is 48.5 Å². The van der Waals surface area contributed by atoms with Gasteiger partial charge in [-0.2, -0.15) is 13.2 Å². The van der Waals surface area contributed by atoms with Gasteiger partial charge in [0, 0.05) is 30.8 Å². The van der Waals surface area contributed by atoms with E-state index in [1.54, 1.807) is 12.1 Å². The Hall–Kier alpha value is -3.11. The molecule has 0 saturated carbocycles. The minimum absolute atomic E-state index is 0.0297. The van der Waals surface area contributed by atoms with E-state index in [0.717, 1.165) is 44.4 Å². The number of benzene rings is 2. The van der Waals surface area contributed by atoms with Crippen LogP contribution in [0.25, 0.3) is 0 Å². The van der Waals surface area contributed by atoms with Gasteiger partial charge in [0.25, 0.3) is 0 Å². The summed E-state index contributed by atoms with van der Waals surface area (Å²) in [5.74, 6) is -2.39. The van der Waals surface area contributed by atoms with Crippen LogP contribution in [0.5, 0.6) is 0 Å². The SMILES string of the molecule is C[C@H]1C2=CNN(c3ccc(F)cc3)C2=CC2=C1[C@@H](CN(CCCc1ccccc1)S(=O)(=O)CC(F)(F)F)CC2. The van der Waals surface area contributed by atoms with Gasteiger partial charge in [0.2, 0.25) is 10.0 Å². The number of hydrogen-bond acceptors (Lipinski definition) is 4. The quantitative estimate of drug-likeness (QED) is 0.376. The van der Waals surface area contributed by atoms with Crippen LogP contribution in [0.2, 0.25) is 0 Å². The lowest BCUT2D eigenvalue weighted by molar-refractivity contribution is -0.107. The molecule has 1 heterocycles. The van der Waals surface area contributed by atoms with Gasteiger partial charge in [-0.15, -0.1) is 0 Å². The van der Waals surface area contributed by atoms with Gasteiger partial charge >= 0.3 is 6.18 Å². The van der Waals surface area contributed by atoms with Crippen LogP contribution in [0, 0.1) is 17.7 Å². The monoisotopic (exact) mass is 561 g/mol. The predicted octanol–water partition coefficient (Wildman–Crippen LogP) is 6.10. The fourth-order valence-electron chi connectivity index (χ4n) is 5.90. The summed E-state index contributed by atoms with van der Waals surface area (Å²) >= 11 is 0. The van der Waals surface area contributed by atoms with Crippen molar-refractivity contribution in [3.05, 3.63) is 101 Å². The third-order valence-electron chi connectivity index (χ3n) is 7.67. The van der Waals surface area contributed by atoms with E-state index >= 15 is 0 Å². The number of fused-ring (bicyclic) bond motifs is 1. The summed E-state index contributed by atoms with van der Waals surface area (Å²) in [5, 5.41) is 1.88. The van der Waals surface area contributed by atoms with Crippen LogP contribution in [-0.4, -0.2) is 37.7 Å². The van der Waals surface area contributed by atoms with Gasteiger partial charge in [-0.1, -0.05) is 42.8 Å². The molecule has 0 saturated heterocycles. The molecule has 0 radical (unpaired) electrons. The zero-order chi connectivity index (χ0) is 27.8. The second-order valence-corrected chi connectivity index (χ2v) is 12.3. The summed E-state index contributed by atoms with van der Waals surface area (Å²) in [4.78, 5) is 0. The Kier molecular flexibility index (Phi) is 7.61. The molecule has 1 aliphatic heterocycles. The molecule has 208 valence electrons. The van der Waals surface area contributed by atoms with Gasteiger partial charge < -0.3 is 5.43 Å². The molecule has 0 amide bonds. The maximum Gasteiger partial charge on any atom is 0.404 e. The second kappa shape index (κ2) is 10.8. The van der Waals surface area contributed by atoms with E-state index in [4.69, 9.17) is 0 Å². The largest absolute Gasteiger partial charge is 0.404 e. The molecule has 0 unspecified atom stereocenters. The van der Waals surface area contributed by atoms with Gasteiger partial charge in [-0.05, 0) is 73.1 Å². The van der Waals surface area contributed by atoms with Crippen LogP contribution in [0.15, 0.2) is 89.3 Å². The van der Waals surface area contributed by atoms with Crippen molar-refractivity contribution in [3.8, 4) is 0 Å². The Labute approximate surface area is 226 Å². The number of rotatable bonds is 9. The minimum atomic E-state index is -4.81. The average Bonchev–Trinajstić information content (AvgIpc) is 3.48. The van der Waals surface area contributed by atoms with Gasteiger partial charge in [-0.25, -0.2) is 17.1 Å². The summed E-state index contributed by atoms with van der Waals surface area (Å²) < 4.78 is 80.1. The highest BCUT2D eigenvalue weighted by molar-refractivity contribution is 7.89. The van der Waals surface area contributed by atoms with Crippen molar-refractivity contribution in [1.82, 2.24) is 9.73 Å². The summed E-state index contributed by atoms with van der Waals surface area (Å²) in [7, 11) is -4.54. The number of nitrogens with zero attached hydrogens (tertiary/aromatic N) is 2. The molecule has 0 bridgehead atoms. The maximum atomic E-state index is 13.4. The number of aryl methyl sites for hydroxylation is 1. The second-order valence-electron chi connectivity index (χ2n) is 10.3. The van der Waals surface area contributed by atoms with Gasteiger partial charge in [0.05, 0.1) is 11.4 Å². The molecule has 0 aromatic heterocycles. The number of hydrazine groups is 1. The summed E-state index contributed by atoms with van der Waals surface area (Å²) in [6.07, 6.45) is 1.54. The van der Waals surface area contributed by atoms with Crippen LogP contribution < -0.4 is 10.4 Å². The van der Waals surface area contributed by atoms with Crippen LogP contribution >= 0.6 is 0 Å². The van der Waals surface area contributed by atoms with Crippen LogP contribution in [0.4, 0.5) is 23.2 Å². The summed E-state index contributed by atoms with van der Waals surface area (Å²) in [5.41, 5.74) is 9.15. The number of halogens is 4. The van der Waals surface area contributed by atoms with Crippen molar-refractivity contribution in [2.45, 2.75) is 38.8 Å². The molecule has 5 nitrogen and oxygen atoms in total. The maximum absolute atomic E-state index is 13.4. The van der Waals surface area contributed by atoms with Crippen LogP contribution in [0.3, 0.4) is 0 Å². The van der Waals surface area contributed by atoms with Gasteiger partial charge in [0.15, 0.2) is 5.75 Å². The van der Waals surface area contributed by atoms with E-state index in [1.165, 1.54) is 12.1 Å². The van der Waals surface area contributed by atoms with Gasteiger partial charge in [-0.3, -0.25) is 5.01 Å². The average molecular weight is 562 g/mol. The highest BCUT2D eigenvalue weighted by Crippen LogP contribution is 2.48. The molecule has 0 spiro atoms. The van der Waals surface area contributed by atoms with E-state index < -0.39 is 22.0 Å². The van der Waals surface area contributed by atoms with Crippen LogP contribution in [0.1, 0.15) is 31.7 Å². The summed E-state index contributed by atoms with van der Waals surface area (Å²) in [6, 6.07) is 15.7. The van der Waals surface area contributed by atoms with E-state index in [-0.39, 0.29) is 30.7 Å². The fourth-order valence-corrected chi connectivity index (χ4v) is 7.31. The zero-order valence-electron chi connectivity index (χ0n) is 21.6. The Morgan fingerprint density at radius 3 is 2.49 bits per heavy atom. The van der Waals surface area contributed by atoms with Crippen molar-refractivity contribution in [2.75, 3.05) is 23.9 Å². The number of nitrogens with one attached hydrogen (secondary N) is 1. The highest BCUT2D eigenvalue weighted by Gasteiger charge is 2.42. The molecular weight excluding hydrogens is 530 g/mol. The first kappa shape index (κ1) is 27.5. The zero-order valence-corrected chi connectivity index (χ0v) is 22.4. The molecule has 2 aromatic carbocycles. The lowest BCUT2D eigenvalue weighted by Gasteiger charge is -2.32. The molecule has 2 aromatic rings. The minimum Gasteiger partial charge on any atom is -0.301 e. The number of alkyl halides is 3. The summed E-state index contributed by atoms with van der Waals surface area (Å²) in [6.45, 7) is 2.11. The molecule has 39 heavy (non-hydrogen) atoms. The predicted molar refractivity (Wildman–Crippen MR) is 143 cm³/mol. The van der Waals surface area contributed by atoms with Crippen LogP contribution in [-0.2, 0) is 16.4 Å². The van der Waals surface area contributed by atoms with Crippen molar-refractivity contribution < 1.29 is 26.0 Å². The van der Waals surface area contributed by atoms with Crippen molar-refractivity contribution >= 4 is 15.7 Å². The molecule has 2 atom stereocenters. The Bertz CT molecular complexity index is 1400. The van der Waals surface area contributed by atoms with E-state index in [2.05, 4.69) is 11.5 Å². The molecular formula is C29H31F4N3O2S. The number of allylic oxidation sites excluding steroid dienone is 3. The normalized spacial score (nSPS) is 21.0. The first-order valence-corrected chi connectivity index (χ1v) is 14.7. The highest BCUT2D eigenvalue weighted by atomic mass is 32.2. The molecule has 2 aliphatic carbocycles. The lowest BCUT2D eigenvalue weighted by atomic mass is 9.80. The molecule has 5 rings (SSSR count). The lowest BCUT2D eigenvalue weighted by Crippen LogP contribution is -2.41. The van der Waals surface area contributed by atoms with Crippen molar-refractivity contribution in [2.24, 2.45) is 11.8 Å².